The number of fused-ring (bicyclic) bond motifs is 1. The summed E-state index contributed by atoms with van der Waals surface area (Å²) in [5.74, 6) is -1.66. The number of amides is 1. The molecule has 0 fully saturated rings. The zero-order valence-electron chi connectivity index (χ0n) is 13.9. The van der Waals surface area contributed by atoms with Gasteiger partial charge in [0.05, 0.1) is 4.88 Å². The van der Waals surface area contributed by atoms with Crippen molar-refractivity contribution >= 4 is 39.9 Å². The van der Waals surface area contributed by atoms with Crippen LogP contribution in [0.2, 0.25) is 0 Å². The van der Waals surface area contributed by atoms with Gasteiger partial charge in [0.15, 0.2) is 5.78 Å². The van der Waals surface area contributed by atoms with Crippen molar-refractivity contribution in [3.8, 4) is 0 Å². The summed E-state index contributed by atoms with van der Waals surface area (Å²) in [7, 11) is 0. The number of Topliss-reactive ketones (excluding diaryl/α,β-unsaturated/α-hetero) is 1. The van der Waals surface area contributed by atoms with Crippen LogP contribution in [0.4, 0.5) is 0 Å². The lowest BCUT2D eigenvalue weighted by Gasteiger charge is -2.14. The van der Waals surface area contributed by atoms with E-state index in [1.165, 1.54) is 11.3 Å². The lowest BCUT2D eigenvalue weighted by Crippen LogP contribution is -2.42. The lowest BCUT2D eigenvalue weighted by molar-refractivity contribution is -0.141. The number of hydrogen-bond donors (Lipinski definition) is 3. The second-order valence-corrected chi connectivity index (χ2v) is 6.87. The normalized spacial score (nSPS) is 12.0. The number of carbonyl (C=O) groups excluding carboxylic acids is 2. The maximum absolute atomic E-state index is 12.1. The number of ketones is 1. The van der Waals surface area contributed by atoms with Gasteiger partial charge in [-0.2, -0.15) is 0 Å². The molecule has 2 heterocycles. The molecule has 6 nitrogen and oxygen atoms in total. The molecule has 0 saturated carbocycles. The van der Waals surface area contributed by atoms with E-state index in [-0.39, 0.29) is 25.0 Å². The molecule has 0 aliphatic heterocycles. The second-order valence-electron chi connectivity index (χ2n) is 5.92. The number of nitrogens with one attached hydrogen (secondary N) is 2. The van der Waals surface area contributed by atoms with Gasteiger partial charge in [-0.1, -0.05) is 24.3 Å². The summed E-state index contributed by atoms with van der Waals surface area (Å²) in [4.78, 5) is 39.3. The molecular formula is C19H18N2O4S. The van der Waals surface area contributed by atoms with E-state index in [1.807, 2.05) is 24.3 Å². The van der Waals surface area contributed by atoms with Crippen LogP contribution in [0.25, 0.3) is 10.9 Å². The molecule has 0 bridgehead atoms. The highest BCUT2D eigenvalue weighted by Gasteiger charge is 2.22. The fraction of sp³-hybridized carbons (Fsp3) is 0.211. The largest absolute Gasteiger partial charge is 0.480 e. The topological polar surface area (TPSA) is 99.3 Å². The number of para-hydroxylation sites is 1. The number of carboxylic acids is 1. The van der Waals surface area contributed by atoms with Gasteiger partial charge >= 0.3 is 5.97 Å². The Morgan fingerprint density at radius 3 is 2.65 bits per heavy atom. The molecule has 7 heteroatoms. The highest BCUT2D eigenvalue weighted by atomic mass is 32.1. The van der Waals surface area contributed by atoms with Gasteiger partial charge < -0.3 is 15.4 Å². The van der Waals surface area contributed by atoms with Crippen LogP contribution in [0.15, 0.2) is 48.0 Å². The Morgan fingerprint density at radius 1 is 1.12 bits per heavy atom. The molecule has 0 saturated heterocycles. The first kappa shape index (κ1) is 17.9. The van der Waals surface area contributed by atoms with Crippen molar-refractivity contribution in [3.05, 3.63) is 58.4 Å². The number of aliphatic carboxylic acids is 1. The van der Waals surface area contributed by atoms with Gasteiger partial charge in [-0.05, 0) is 23.1 Å². The third-order valence-corrected chi connectivity index (χ3v) is 5.02. The average molecular weight is 370 g/mol. The van der Waals surface area contributed by atoms with Crippen molar-refractivity contribution in [3.63, 3.8) is 0 Å². The zero-order valence-corrected chi connectivity index (χ0v) is 14.7. The summed E-state index contributed by atoms with van der Waals surface area (Å²) in [6.07, 6.45) is 1.96. The van der Waals surface area contributed by atoms with Gasteiger partial charge in [-0.25, -0.2) is 4.79 Å². The minimum atomic E-state index is -1.10. The number of carbonyl (C=O) groups is 3. The monoisotopic (exact) mass is 370 g/mol. The number of aromatic nitrogens is 1. The first-order valence-electron chi connectivity index (χ1n) is 8.18. The number of thiophene rings is 1. The zero-order chi connectivity index (χ0) is 18.5. The van der Waals surface area contributed by atoms with Crippen molar-refractivity contribution < 1.29 is 19.5 Å². The van der Waals surface area contributed by atoms with Crippen LogP contribution < -0.4 is 5.32 Å². The van der Waals surface area contributed by atoms with E-state index in [9.17, 15) is 19.5 Å². The molecule has 0 aliphatic carbocycles. The van der Waals surface area contributed by atoms with E-state index in [0.717, 1.165) is 16.5 Å². The Kier molecular flexibility index (Phi) is 5.48. The molecule has 3 N–H and O–H groups in total. The second kappa shape index (κ2) is 7.97. The van der Waals surface area contributed by atoms with Crippen LogP contribution in [0.5, 0.6) is 0 Å². The van der Waals surface area contributed by atoms with Crippen LogP contribution in [0.1, 0.15) is 28.1 Å². The van der Waals surface area contributed by atoms with Crippen LogP contribution in [0.3, 0.4) is 0 Å². The number of hydrogen-bond acceptors (Lipinski definition) is 4. The third-order valence-electron chi connectivity index (χ3n) is 4.11. The van der Waals surface area contributed by atoms with Crippen LogP contribution in [-0.4, -0.2) is 33.8 Å². The highest BCUT2D eigenvalue weighted by molar-refractivity contribution is 7.12. The number of benzene rings is 1. The molecule has 1 aromatic carbocycles. The van der Waals surface area contributed by atoms with Gasteiger partial charge in [-0.15, -0.1) is 11.3 Å². The Hall–Kier alpha value is -2.93. The van der Waals surface area contributed by atoms with Gasteiger partial charge in [0.1, 0.15) is 6.04 Å². The maximum Gasteiger partial charge on any atom is 0.326 e. The molecule has 3 rings (SSSR count). The summed E-state index contributed by atoms with van der Waals surface area (Å²) < 4.78 is 0. The molecule has 134 valence electrons. The van der Waals surface area contributed by atoms with Crippen molar-refractivity contribution in [1.82, 2.24) is 10.3 Å². The van der Waals surface area contributed by atoms with E-state index in [4.69, 9.17) is 0 Å². The van der Waals surface area contributed by atoms with Crippen molar-refractivity contribution in [2.24, 2.45) is 0 Å². The minimum Gasteiger partial charge on any atom is -0.480 e. The molecular weight excluding hydrogens is 352 g/mol. The number of aromatic amines is 1. The van der Waals surface area contributed by atoms with E-state index in [2.05, 4.69) is 10.3 Å². The summed E-state index contributed by atoms with van der Waals surface area (Å²) in [6.45, 7) is 0. The van der Waals surface area contributed by atoms with Crippen LogP contribution in [0, 0.1) is 0 Å². The average Bonchev–Trinajstić information content (AvgIpc) is 3.29. The molecule has 2 aromatic heterocycles. The summed E-state index contributed by atoms with van der Waals surface area (Å²) in [6, 6.07) is 10.0. The van der Waals surface area contributed by atoms with Gasteiger partial charge in [0, 0.05) is 36.4 Å². The SMILES string of the molecule is O=C(CCC(=O)c1cccs1)NC(Cc1c[nH]c2ccccc12)C(=O)O. The summed E-state index contributed by atoms with van der Waals surface area (Å²) in [5.41, 5.74) is 1.74. The fourth-order valence-electron chi connectivity index (χ4n) is 2.77. The first-order valence-corrected chi connectivity index (χ1v) is 9.06. The minimum absolute atomic E-state index is 0.0333. The van der Waals surface area contributed by atoms with E-state index < -0.39 is 17.9 Å². The van der Waals surface area contributed by atoms with Crippen molar-refractivity contribution in [1.29, 1.82) is 0 Å². The molecule has 3 aromatic rings. The Labute approximate surface area is 153 Å². The van der Waals surface area contributed by atoms with E-state index in [0.29, 0.717) is 4.88 Å². The maximum atomic E-state index is 12.1. The standard InChI is InChI=1S/C19H18N2O4S/c22-16(17-6-3-9-26-17)7-8-18(23)21-15(19(24)25)10-12-11-20-14-5-2-1-4-13(12)14/h1-6,9,11,15,20H,7-8,10H2,(H,21,23)(H,24,25). The van der Waals surface area contributed by atoms with Gasteiger partial charge in [0.25, 0.3) is 0 Å². The van der Waals surface area contributed by atoms with E-state index in [1.54, 1.807) is 23.7 Å². The van der Waals surface area contributed by atoms with Crippen molar-refractivity contribution in [2.45, 2.75) is 25.3 Å². The third kappa shape index (κ3) is 4.18. The number of carboxylic acid groups (broad SMARTS) is 1. The molecule has 1 amide bonds. The quantitative estimate of drug-likeness (QED) is 0.531. The Bertz CT molecular complexity index is 930. The number of rotatable bonds is 8. The Balaban J connectivity index is 1.60. The first-order chi connectivity index (χ1) is 12.5. The highest BCUT2D eigenvalue weighted by Crippen LogP contribution is 2.19. The molecule has 26 heavy (non-hydrogen) atoms. The molecule has 0 spiro atoms. The predicted octanol–water partition coefficient (Wildman–Crippen LogP) is 3.00. The van der Waals surface area contributed by atoms with E-state index >= 15 is 0 Å². The lowest BCUT2D eigenvalue weighted by atomic mass is 10.0. The van der Waals surface area contributed by atoms with Gasteiger partial charge in [-0.3, -0.25) is 9.59 Å². The van der Waals surface area contributed by atoms with Crippen LogP contribution >= 0.6 is 11.3 Å². The van der Waals surface area contributed by atoms with Gasteiger partial charge in [0.2, 0.25) is 5.91 Å². The molecule has 0 radical (unpaired) electrons. The predicted molar refractivity (Wildman–Crippen MR) is 99.5 cm³/mol. The fourth-order valence-corrected chi connectivity index (χ4v) is 3.47. The summed E-state index contributed by atoms with van der Waals surface area (Å²) >= 11 is 1.33. The van der Waals surface area contributed by atoms with Crippen molar-refractivity contribution in [2.75, 3.05) is 0 Å². The van der Waals surface area contributed by atoms with Crippen LogP contribution in [-0.2, 0) is 16.0 Å². The molecule has 1 unspecified atom stereocenters. The molecule has 1 atom stereocenters. The Morgan fingerprint density at radius 2 is 1.92 bits per heavy atom. The smallest absolute Gasteiger partial charge is 0.326 e. The summed E-state index contributed by atoms with van der Waals surface area (Å²) in [5, 5.41) is 14.7. The number of H-pyrrole nitrogens is 1. The molecule has 0 aliphatic rings.